The lowest BCUT2D eigenvalue weighted by atomic mass is 10.0. The first-order chi connectivity index (χ1) is 12.5. The van der Waals surface area contributed by atoms with E-state index in [-0.39, 0.29) is 24.8 Å². The van der Waals surface area contributed by atoms with Gasteiger partial charge in [-0.2, -0.15) is 4.68 Å². The maximum atomic E-state index is 12.2. The van der Waals surface area contributed by atoms with Gasteiger partial charge >= 0.3 is 12.0 Å². The molecule has 2 aromatic heterocycles. The van der Waals surface area contributed by atoms with Gasteiger partial charge in [0.15, 0.2) is 5.78 Å². The molecule has 0 aliphatic heterocycles. The van der Waals surface area contributed by atoms with Crippen molar-refractivity contribution in [3.8, 4) is 23.1 Å². The number of ether oxygens (including phenoxy) is 1. The molecule has 0 radical (unpaired) electrons. The van der Waals surface area contributed by atoms with Gasteiger partial charge in [0, 0.05) is 18.3 Å². The number of para-hydroxylation sites is 1. The van der Waals surface area contributed by atoms with Crippen LogP contribution in [0.2, 0.25) is 0 Å². The number of Topliss-reactive ketones (excluding diaryl/α,β-unsaturated/α-hetero) is 1. The average molecular weight is 356 g/mol. The van der Waals surface area contributed by atoms with Gasteiger partial charge in [-0.25, -0.2) is 4.98 Å². The molecule has 0 fully saturated rings. The summed E-state index contributed by atoms with van der Waals surface area (Å²) in [5.41, 5.74) is 0.706. The Balaban J connectivity index is 1.78. The molecular formula is C16H16N6O4. The van der Waals surface area contributed by atoms with Crippen molar-refractivity contribution in [3.63, 3.8) is 0 Å². The van der Waals surface area contributed by atoms with Crippen LogP contribution in [0.15, 0.2) is 36.7 Å². The van der Waals surface area contributed by atoms with E-state index in [2.05, 4.69) is 25.5 Å². The normalized spacial score (nSPS) is 11.9. The molecule has 0 saturated carbocycles. The van der Waals surface area contributed by atoms with Crippen molar-refractivity contribution in [1.29, 1.82) is 0 Å². The zero-order chi connectivity index (χ0) is 18.5. The molecule has 0 amide bonds. The fourth-order valence-corrected chi connectivity index (χ4v) is 2.31. The highest BCUT2D eigenvalue weighted by molar-refractivity contribution is 5.84. The zero-order valence-corrected chi connectivity index (χ0v) is 13.9. The molecule has 0 spiro atoms. The van der Waals surface area contributed by atoms with Crippen molar-refractivity contribution in [2.24, 2.45) is 5.92 Å². The highest BCUT2D eigenvalue weighted by Crippen LogP contribution is 2.30. The minimum atomic E-state index is -1.04. The van der Waals surface area contributed by atoms with Gasteiger partial charge in [-0.3, -0.25) is 9.59 Å². The Morgan fingerprint density at radius 3 is 2.88 bits per heavy atom. The molecule has 0 aliphatic rings. The number of nitrogens with one attached hydrogen (secondary N) is 1. The second kappa shape index (κ2) is 7.55. The van der Waals surface area contributed by atoms with Crippen LogP contribution in [0, 0.1) is 5.92 Å². The number of benzene rings is 1. The summed E-state index contributed by atoms with van der Waals surface area (Å²) < 4.78 is 6.96. The first-order valence-corrected chi connectivity index (χ1v) is 7.82. The summed E-state index contributed by atoms with van der Waals surface area (Å²) in [5.74, 6) is -0.912. The quantitative estimate of drug-likeness (QED) is 0.620. The molecule has 26 heavy (non-hydrogen) atoms. The number of hydrogen-bond acceptors (Lipinski definition) is 7. The minimum absolute atomic E-state index is 0.0277. The van der Waals surface area contributed by atoms with Crippen LogP contribution in [-0.4, -0.2) is 47.0 Å². The Morgan fingerprint density at radius 1 is 1.35 bits per heavy atom. The summed E-state index contributed by atoms with van der Waals surface area (Å²) >= 11 is 0. The van der Waals surface area contributed by atoms with Gasteiger partial charge in [0.2, 0.25) is 0 Å². The topological polar surface area (TPSA) is 136 Å². The van der Waals surface area contributed by atoms with Crippen molar-refractivity contribution >= 4 is 11.8 Å². The molecule has 134 valence electrons. The van der Waals surface area contributed by atoms with E-state index in [0.29, 0.717) is 17.1 Å². The van der Waals surface area contributed by atoms with E-state index >= 15 is 0 Å². The van der Waals surface area contributed by atoms with E-state index in [1.54, 1.807) is 31.5 Å². The lowest BCUT2D eigenvalue weighted by molar-refractivity contribution is -0.140. The van der Waals surface area contributed by atoms with Crippen molar-refractivity contribution in [2.75, 3.05) is 0 Å². The number of hydrogen-bond donors (Lipinski definition) is 2. The third-order valence-electron chi connectivity index (χ3n) is 3.68. The second-order valence-electron chi connectivity index (χ2n) is 5.62. The Kier molecular flexibility index (Phi) is 5.02. The van der Waals surface area contributed by atoms with Crippen LogP contribution >= 0.6 is 0 Å². The summed E-state index contributed by atoms with van der Waals surface area (Å²) in [6.07, 6.45) is 3.07. The number of nitrogens with zero attached hydrogens (tertiary/aromatic N) is 5. The number of carbonyl (C=O) groups is 2. The Labute approximate surface area is 147 Å². The van der Waals surface area contributed by atoms with Gasteiger partial charge in [0.1, 0.15) is 18.1 Å². The van der Waals surface area contributed by atoms with E-state index in [1.165, 1.54) is 4.68 Å². The molecule has 1 aromatic carbocycles. The fourth-order valence-electron chi connectivity index (χ4n) is 2.31. The molecule has 0 bridgehead atoms. The molecule has 1 unspecified atom stereocenters. The van der Waals surface area contributed by atoms with E-state index in [9.17, 15) is 9.59 Å². The summed E-state index contributed by atoms with van der Waals surface area (Å²) in [7, 11) is 0. The van der Waals surface area contributed by atoms with Crippen molar-refractivity contribution < 1.29 is 19.4 Å². The summed E-state index contributed by atoms with van der Waals surface area (Å²) in [6, 6.07) is 7.20. The van der Waals surface area contributed by atoms with Gasteiger partial charge < -0.3 is 14.8 Å². The smallest absolute Gasteiger partial charge is 0.341 e. The van der Waals surface area contributed by atoms with E-state index in [4.69, 9.17) is 9.84 Å². The molecule has 2 N–H and O–H groups in total. The van der Waals surface area contributed by atoms with Crippen LogP contribution in [-0.2, 0) is 16.1 Å². The van der Waals surface area contributed by atoms with E-state index < -0.39 is 11.9 Å². The SMILES string of the molecule is CC(CC(=O)O)C(=O)Cn1nnnc1Oc1ccccc1-c1ncc[nH]1. The number of carboxylic acids is 1. The molecule has 0 saturated heterocycles. The maximum Gasteiger partial charge on any atom is 0.341 e. The van der Waals surface area contributed by atoms with Crippen molar-refractivity contribution in [1.82, 2.24) is 30.2 Å². The van der Waals surface area contributed by atoms with Gasteiger partial charge in [-0.1, -0.05) is 24.2 Å². The molecule has 10 nitrogen and oxygen atoms in total. The fraction of sp³-hybridized carbons (Fsp3) is 0.250. The van der Waals surface area contributed by atoms with Crippen molar-refractivity contribution in [3.05, 3.63) is 36.7 Å². The standard InChI is InChI=1S/C16H16N6O4/c1-10(8-14(24)25)12(23)9-22-16(19-20-21-22)26-13-5-3-2-4-11(13)15-17-6-7-18-15/h2-7,10H,8-9H2,1H3,(H,17,18)(H,24,25). The predicted octanol–water partition coefficient (Wildman–Crippen LogP) is 1.54. The monoisotopic (exact) mass is 356 g/mol. The Bertz CT molecular complexity index is 905. The minimum Gasteiger partial charge on any atom is -0.481 e. The highest BCUT2D eigenvalue weighted by atomic mass is 16.5. The molecule has 0 aliphatic carbocycles. The number of rotatable bonds is 8. The lowest BCUT2D eigenvalue weighted by Gasteiger charge is -2.10. The first-order valence-electron chi connectivity index (χ1n) is 7.82. The first kappa shape index (κ1) is 17.3. The number of imidazole rings is 1. The van der Waals surface area contributed by atoms with Crippen LogP contribution in [0.4, 0.5) is 0 Å². The number of aromatic nitrogens is 6. The van der Waals surface area contributed by atoms with Gasteiger partial charge in [-0.15, -0.1) is 0 Å². The summed E-state index contributed by atoms with van der Waals surface area (Å²) in [6.45, 7) is 1.37. The van der Waals surface area contributed by atoms with E-state index in [1.807, 2.05) is 12.1 Å². The third-order valence-corrected chi connectivity index (χ3v) is 3.68. The molecule has 1 atom stereocenters. The number of carbonyl (C=O) groups excluding carboxylic acids is 1. The molecule has 10 heteroatoms. The predicted molar refractivity (Wildman–Crippen MR) is 88.3 cm³/mol. The van der Waals surface area contributed by atoms with Gasteiger partial charge in [0.25, 0.3) is 0 Å². The number of aliphatic carboxylic acids is 1. The highest BCUT2D eigenvalue weighted by Gasteiger charge is 2.20. The van der Waals surface area contributed by atoms with Crippen LogP contribution in [0.25, 0.3) is 11.4 Å². The summed E-state index contributed by atoms with van der Waals surface area (Å²) in [4.78, 5) is 30.1. The molecule has 2 heterocycles. The number of tetrazole rings is 1. The van der Waals surface area contributed by atoms with Gasteiger partial charge in [0.05, 0.1) is 12.0 Å². The largest absolute Gasteiger partial charge is 0.481 e. The third kappa shape index (κ3) is 3.91. The van der Waals surface area contributed by atoms with Crippen molar-refractivity contribution in [2.45, 2.75) is 19.9 Å². The number of H-pyrrole nitrogens is 1. The zero-order valence-electron chi connectivity index (χ0n) is 13.9. The maximum absolute atomic E-state index is 12.2. The Hall–Kier alpha value is -3.56. The average Bonchev–Trinajstić information content (AvgIpc) is 3.27. The lowest BCUT2D eigenvalue weighted by Crippen LogP contribution is -2.21. The molecular weight excluding hydrogens is 340 g/mol. The second-order valence-corrected chi connectivity index (χ2v) is 5.62. The van der Waals surface area contributed by atoms with Crippen LogP contribution in [0.1, 0.15) is 13.3 Å². The molecule has 3 rings (SSSR count). The van der Waals surface area contributed by atoms with E-state index in [0.717, 1.165) is 0 Å². The summed E-state index contributed by atoms with van der Waals surface area (Å²) in [5, 5.41) is 19.9. The molecule has 3 aromatic rings. The number of aromatic amines is 1. The number of carboxylic acid groups (broad SMARTS) is 1. The number of ketones is 1. The van der Waals surface area contributed by atoms with Gasteiger partial charge in [-0.05, 0) is 22.6 Å². The van der Waals surface area contributed by atoms with Crippen LogP contribution < -0.4 is 4.74 Å². The van der Waals surface area contributed by atoms with Crippen LogP contribution in [0.3, 0.4) is 0 Å². The Morgan fingerprint density at radius 2 is 2.15 bits per heavy atom. The van der Waals surface area contributed by atoms with Crippen LogP contribution in [0.5, 0.6) is 11.8 Å².